The second kappa shape index (κ2) is 19.9. The Balaban J connectivity index is 0.000000216. The minimum atomic E-state index is -0.0752. The number of amides is 2. The van der Waals surface area contributed by atoms with E-state index in [1.807, 2.05) is 91.9 Å². The number of para-hydroxylation sites is 2. The largest absolute Gasteiger partial charge is 0.457 e. The van der Waals surface area contributed by atoms with Crippen LogP contribution in [0, 0.1) is 6.92 Å². The summed E-state index contributed by atoms with van der Waals surface area (Å²) in [5.74, 6) is 4.31. The Morgan fingerprint density at radius 3 is 2.12 bits per heavy atom. The lowest BCUT2D eigenvalue weighted by Gasteiger charge is -2.03. The molecule has 2 N–H and O–H groups in total. The van der Waals surface area contributed by atoms with Gasteiger partial charge in [-0.3, -0.25) is 9.59 Å². The molecule has 0 unspecified atom stereocenters. The third-order valence-electron chi connectivity index (χ3n) is 5.26. The zero-order valence-electron chi connectivity index (χ0n) is 24.4. The predicted molar refractivity (Wildman–Crippen MR) is 168 cm³/mol. The lowest BCUT2D eigenvalue weighted by atomic mass is 10.1. The molecule has 0 radical (unpaired) electrons. The van der Waals surface area contributed by atoms with Crippen molar-refractivity contribution in [3.05, 3.63) is 102 Å². The van der Waals surface area contributed by atoms with Crippen LogP contribution in [0.15, 0.2) is 95.5 Å². The van der Waals surface area contributed by atoms with Gasteiger partial charge in [0.05, 0.1) is 17.9 Å². The second-order valence-corrected chi connectivity index (χ2v) is 10.2. The molecule has 2 heterocycles. The van der Waals surface area contributed by atoms with Crippen LogP contribution in [0.25, 0.3) is 11.3 Å². The number of carbonyl (C=O) groups is 2. The average Bonchev–Trinajstić information content (AvgIpc) is 3.32. The molecule has 218 valence electrons. The average molecular weight is 576 g/mol. The molecular formula is C33H41N3O4S. The highest BCUT2D eigenvalue weighted by Crippen LogP contribution is 2.21. The van der Waals surface area contributed by atoms with Crippen molar-refractivity contribution >= 4 is 23.6 Å². The van der Waals surface area contributed by atoms with E-state index in [2.05, 4.69) is 29.6 Å². The molecule has 0 saturated carbocycles. The van der Waals surface area contributed by atoms with Gasteiger partial charge in [0.15, 0.2) is 5.76 Å². The molecule has 1 aliphatic rings. The van der Waals surface area contributed by atoms with Crippen molar-refractivity contribution in [2.75, 3.05) is 25.1 Å². The van der Waals surface area contributed by atoms with Gasteiger partial charge in [-0.1, -0.05) is 91.7 Å². The van der Waals surface area contributed by atoms with E-state index in [0.717, 1.165) is 35.8 Å². The first-order valence-electron chi connectivity index (χ1n) is 13.8. The van der Waals surface area contributed by atoms with Crippen molar-refractivity contribution in [3.8, 4) is 22.8 Å². The summed E-state index contributed by atoms with van der Waals surface area (Å²) in [6.07, 6.45) is 2.61. The van der Waals surface area contributed by atoms with Crippen LogP contribution in [-0.2, 0) is 16.0 Å². The molecule has 8 heteroatoms. The van der Waals surface area contributed by atoms with E-state index in [4.69, 9.17) is 9.26 Å². The lowest BCUT2D eigenvalue weighted by Crippen LogP contribution is -2.23. The maximum atomic E-state index is 11.2. The number of carbonyl (C=O) groups excluding carboxylic acids is 2. The number of benzene rings is 3. The van der Waals surface area contributed by atoms with E-state index in [1.54, 1.807) is 24.9 Å². The maximum absolute atomic E-state index is 11.2. The quantitative estimate of drug-likeness (QED) is 0.264. The number of hydrogen-bond acceptors (Lipinski definition) is 6. The van der Waals surface area contributed by atoms with Crippen LogP contribution in [0.1, 0.15) is 37.9 Å². The maximum Gasteiger partial charge on any atom is 0.229 e. The fourth-order valence-corrected chi connectivity index (χ4v) is 4.01. The molecule has 1 saturated heterocycles. The summed E-state index contributed by atoms with van der Waals surface area (Å²) in [6, 6.07) is 29.3. The number of rotatable bonds is 5. The highest BCUT2D eigenvalue weighted by molar-refractivity contribution is 7.99. The third-order valence-corrected chi connectivity index (χ3v) is 6.30. The van der Waals surface area contributed by atoms with Gasteiger partial charge in [0.1, 0.15) is 11.5 Å². The smallest absolute Gasteiger partial charge is 0.229 e. The fraction of sp³-hybridized carbons (Fsp3) is 0.303. The van der Waals surface area contributed by atoms with Crippen molar-refractivity contribution in [2.24, 2.45) is 0 Å². The van der Waals surface area contributed by atoms with Gasteiger partial charge < -0.3 is 19.9 Å². The van der Waals surface area contributed by atoms with Crippen molar-refractivity contribution in [1.29, 1.82) is 0 Å². The Morgan fingerprint density at radius 2 is 1.56 bits per heavy atom. The van der Waals surface area contributed by atoms with Crippen LogP contribution in [0.3, 0.4) is 0 Å². The number of ether oxygens (including phenoxy) is 1. The summed E-state index contributed by atoms with van der Waals surface area (Å²) in [6.45, 7) is 7.15. The first-order chi connectivity index (χ1) is 19.9. The van der Waals surface area contributed by atoms with Crippen molar-refractivity contribution < 1.29 is 18.8 Å². The number of hydrogen-bond donors (Lipinski definition) is 2. The molecule has 1 aliphatic heterocycles. The van der Waals surface area contributed by atoms with Gasteiger partial charge in [-0.25, -0.2) is 0 Å². The molecule has 0 bridgehead atoms. The van der Waals surface area contributed by atoms with Crippen LogP contribution in [0.5, 0.6) is 11.5 Å². The highest BCUT2D eigenvalue weighted by Gasteiger charge is 2.09. The van der Waals surface area contributed by atoms with E-state index in [1.165, 1.54) is 12.0 Å². The van der Waals surface area contributed by atoms with Gasteiger partial charge in [0.25, 0.3) is 0 Å². The van der Waals surface area contributed by atoms with Crippen molar-refractivity contribution in [2.45, 2.75) is 40.0 Å². The van der Waals surface area contributed by atoms with Gasteiger partial charge in [0, 0.05) is 25.2 Å². The van der Waals surface area contributed by atoms with Crippen LogP contribution in [0.2, 0.25) is 0 Å². The minimum absolute atomic E-state index is 0.0752. The standard InChI is InChI=1S/C13H14N2O2.C12H10O.C5H9NOS.C3H8/c1-9-3-5-10(6-4-9)12-7-11(15-17-12)8-13(16)14-2;1-3-7-11(8-4-1)13-12-9-5-2-6-10-12;7-5-4-8-3-1-2-6-5;1-3-2/h3-7H,8H2,1-2H3,(H,14,16);1-10H;1-4H2,(H,6,7);3H2,1-2H3. The van der Waals surface area contributed by atoms with Gasteiger partial charge in [-0.2, -0.15) is 11.8 Å². The number of likely N-dealkylation sites (N-methyl/N-ethyl adjacent to an activating group) is 1. The summed E-state index contributed by atoms with van der Waals surface area (Å²) in [5, 5.41) is 9.20. The molecule has 7 nitrogen and oxygen atoms in total. The van der Waals surface area contributed by atoms with E-state index in [-0.39, 0.29) is 18.2 Å². The van der Waals surface area contributed by atoms with E-state index < -0.39 is 0 Å². The van der Waals surface area contributed by atoms with Crippen LogP contribution >= 0.6 is 11.8 Å². The Morgan fingerprint density at radius 1 is 0.976 bits per heavy atom. The summed E-state index contributed by atoms with van der Waals surface area (Å²) in [5.41, 5.74) is 2.80. The third kappa shape index (κ3) is 14.2. The zero-order valence-corrected chi connectivity index (χ0v) is 25.2. The van der Waals surface area contributed by atoms with Crippen LogP contribution in [-0.4, -0.2) is 42.1 Å². The molecule has 1 fully saturated rings. The van der Waals surface area contributed by atoms with Gasteiger partial charge in [-0.05, 0) is 43.4 Å². The Hall–Kier alpha value is -4.04. The molecule has 4 aromatic rings. The summed E-state index contributed by atoms with van der Waals surface area (Å²) < 4.78 is 10.8. The summed E-state index contributed by atoms with van der Waals surface area (Å²) in [7, 11) is 1.60. The number of nitrogens with zero attached hydrogens (tertiary/aromatic N) is 1. The first kappa shape index (κ1) is 33.2. The van der Waals surface area contributed by atoms with Crippen LogP contribution < -0.4 is 15.4 Å². The van der Waals surface area contributed by atoms with E-state index in [0.29, 0.717) is 17.2 Å². The van der Waals surface area contributed by atoms with Crippen molar-refractivity contribution in [1.82, 2.24) is 15.8 Å². The minimum Gasteiger partial charge on any atom is -0.457 e. The molecule has 3 aromatic carbocycles. The molecule has 41 heavy (non-hydrogen) atoms. The summed E-state index contributed by atoms with van der Waals surface area (Å²) in [4.78, 5) is 21.7. The number of aromatic nitrogens is 1. The van der Waals surface area contributed by atoms with Crippen molar-refractivity contribution in [3.63, 3.8) is 0 Å². The molecule has 1 aromatic heterocycles. The number of aryl methyl sites for hydroxylation is 1. The SMILES string of the molecule is CCC.CNC(=O)Cc1cc(-c2ccc(C)cc2)on1.O=C1CSCCCN1.c1ccc(Oc2ccccc2)cc1. The zero-order chi connectivity index (χ0) is 29.7. The van der Waals surface area contributed by atoms with E-state index in [9.17, 15) is 9.59 Å². The van der Waals surface area contributed by atoms with Gasteiger partial charge in [-0.15, -0.1) is 0 Å². The number of thioether (sulfide) groups is 1. The lowest BCUT2D eigenvalue weighted by molar-refractivity contribution is -0.120. The molecule has 2 amide bonds. The Labute approximate surface area is 248 Å². The fourth-order valence-electron chi connectivity index (χ4n) is 3.23. The molecule has 5 rings (SSSR count). The molecule has 0 aliphatic carbocycles. The topological polar surface area (TPSA) is 93.5 Å². The Kier molecular flexibility index (Phi) is 16.1. The normalized spacial score (nSPS) is 12.0. The predicted octanol–water partition coefficient (Wildman–Crippen LogP) is 7.07. The summed E-state index contributed by atoms with van der Waals surface area (Å²) >= 11 is 1.71. The first-order valence-corrected chi connectivity index (χ1v) is 15.0. The van der Waals surface area contributed by atoms with Gasteiger partial charge in [0.2, 0.25) is 11.8 Å². The number of nitrogens with one attached hydrogen (secondary N) is 2. The highest BCUT2D eigenvalue weighted by atomic mass is 32.2. The molecule has 0 spiro atoms. The second-order valence-electron chi connectivity index (χ2n) is 9.09. The molecule has 0 atom stereocenters. The molecular weight excluding hydrogens is 534 g/mol. The Bertz CT molecular complexity index is 1220. The monoisotopic (exact) mass is 575 g/mol. The van der Waals surface area contributed by atoms with Crippen LogP contribution in [0.4, 0.5) is 0 Å². The van der Waals surface area contributed by atoms with Gasteiger partial charge >= 0.3 is 0 Å². The van der Waals surface area contributed by atoms with E-state index >= 15 is 0 Å².